The van der Waals surface area contributed by atoms with Gasteiger partial charge in [-0.1, -0.05) is 35.0 Å². The Labute approximate surface area is 119 Å². The Bertz CT molecular complexity index is 378. The Balaban J connectivity index is 2.44. The molecule has 2 nitrogen and oxygen atoms in total. The van der Waals surface area contributed by atoms with E-state index in [1.165, 1.54) is 12.1 Å². The lowest BCUT2D eigenvalue weighted by atomic mass is 10.1. The molecular weight excluding hydrogens is 323 g/mol. The molecule has 0 aliphatic carbocycles. The van der Waals surface area contributed by atoms with Crippen molar-refractivity contribution < 1.29 is 17.9 Å². The SMILES string of the molecule is CC(Br)CC(C)NCc1ccc(OC(F)(F)F)cc1. The van der Waals surface area contributed by atoms with Gasteiger partial charge in [-0.2, -0.15) is 0 Å². The van der Waals surface area contributed by atoms with Crippen LogP contribution in [0.5, 0.6) is 5.75 Å². The van der Waals surface area contributed by atoms with E-state index in [0.29, 0.717) is 17.4 Å². The molecule has 1 N–H and O–H groups in total. The summed E-state index contributed by atoms with van der Waals surface area (Å²) in [6.07, 6.45) is -3.66. The standard InChI is InChI=1S/C13H17BrF3NO/c1-9(14)7-10(2)18-8-11-3-5-12(6-4-11)19-13(15,16)17/h3-6,9-10,18H,7-8H2,1-2H3. The molecule has 2 atom stereocenters. The van der Waals surface area contributed by atoms with Gasteiger partial charge < -0.3 is 10.1 Å². The maximum Gasteiger partial charge on any atom is 0.573 e. The number of ether oxygens (including phenoxy) is 1. The Morgan fingerprint density at radius 1 is 1.21 bits per heavy atom. The van der Waals surface area contributed by atoms with Crippen LogP contribution in [0.1, 0.15) is 25.8 Å². The number of alkyl halides is 4. The van der Waals surface area contributed by atoms with Crippen LogP contribution in [0.15, 0.2) is 24.3 Å². The van der Waals surface area contributed by atoms with Crippen molar-refractivity contribution in [3.63, 3.8) is 0 Å². The molecule has 0 saturated heterocycles. The minimum Gasteiger partial charge on any atom is -0.406 e. The summed E-state index contributed by atoms with van der Waals surface area (Å²) in [5.74, 6) is -0.196. The predicted molar refractivity (Wildman–Crippen MR) is 72.4 cm³/mol. The van der Waals surface area contributed by atoms with Crippen molar-refractivity contribution in [2.45, 2.75) is 44.0 Å². The van der Waals surface area contributed by atoms with Crippen molar-refractivity contribution in [3.8, 4) is 5.75 Å². The largest absolute Gasteiger partial charge is 0.573 e. The number of rotatable bonds is 6. The van der Waals surface area contributed by atoms with Crippen molar-refractivity contribution in [3.05, 3.63) is 29.8 Å². The van der Waals surface area contributed by atoms with E-state index in [-0.39, 0.29) is 5.75 Å². The average Bonchev–Trinajstić information content (AvgIpc) is 2.25. The van der Waals surface area contributed by atoms with Crippen LogP contribution in [0, 0.1) is 0 Å². The molecule has 0 spiro atoms. The normalized spacial score (nSPS) is 15.1. The first kappa shape index (κ1) is 16.3. The zero-order chi connectivity index (χ0) is 14.5. The van der Waals surface area contributed by atoms with Gasteiger partial charge in [-0.25, -0.2) is 0 Å². The van der Waals surface area contributed by atoms with Crippen LogP contribution in [0.25, 0.3) is 0 Å². The van der Waals surface area contributed by atoms with Gasteiger partial charge in [0.2, 0.25) is 0 Å². The summed E-state index contributed by atoms with van der Waals surface area (Å²) < 4.78 is 39.7. The zero-order valence-electron chi connectivity index (χ0n) is 10.8. The quantitative estimate of drug-likeness (QED) is 0.783. The number of benzene rings is 1. The molecule has 0 aromatic heterocycles. The third kappa shape index (κ3) is 7.42. The molecule has 0 amide bonds. The lowest BCUT2D eigenvalue weighted by Gasteiger charge is -2.15. The Morgan fingerprint density at radius 3 is 2.26 bits per heavy atom. The van der Waals surface area contributed by atoms with Crippen LogP contribution in [-0.2, 0) is 6.54 Å². The summed E-state index contributed by atoms with van der Waals surface area (Å²) in [6.45, 7) is 4.76. The Morgan fingerprint density at radius 2 is 1.79 bits per heavy atom. The Hall–Kier alpha value is -0.750. The molecule has 6 heteroatoms. The first-order chi connectivity index (χ1) is 8.76. The molecule has 1 rings (SSSR count). The van der Waals surface area contributed by atoms with Gasteiger partial charge in [0, 0.05) is 17.4 Å². The summed E-state index contributed by atoms with van der Waals surface area (Å²) in [5.41, 5.74) is 0.920. The Kier molecular flexibility index (Phi) is 6.13. The van der Waals surface area contributed by atoms with E-state index >= 15 is 0 Å². The third-order valence-electron chi connectivity index (χ3n) is 2.49. The molecular formula is C13H17BrF3NO. The van der Waals surface area contributed by atoms with Crippen LogP contribution in [-0.4, -0.2) is 17.2 Å². The summed E-state index contributed by atoms with van der Waals surface area (Å²) in [5, 5.41) is 3.30. The van der Waals surface area contributed by atoms with Crippen molar-refractivity contribution in [2.24, 2.45) is 0 Å². The first-order valence-electron chi connectivity index (χ1n) is 5.98. The maximum absolute atomic E-state index is 12.0. The van der Waals surface area contributed by atoms with Gasteiger partial charge in [-0.15, -0.1) is 13.2 Å². The van der Waals surface area contributed by atoms with Gasteiger partial charge >= 0.3 is 6.36 Å². The highest BCUT2D eigenvalue weighted by Crippen LogP contribution is 2.22. The highest BCUT2D eigenvalue weighted by Gasteiger charge is 2.30. The molecule has 0 bridgehead atoms. The van der Waals surface area contributed by atoms with Gasteiger partial charge in [0.25, 0.3) is 0 Å². The topological polar surface area (TPSA) is 21.3 Å². The fourth-order valence-electron chi connectivity index (χ4n) is 1.67. The lowest BCUT2D eigenvalue weighted by molar-refractivity contribution is -0.274. The molecule has 19 heavy (non-hydrogen) atoms. The average molecular weight is 340 g/mol. The second-order valence-electron chi connectivity index (χ2n) is 4.49. The van der Waals surface area contributed by atoms with Crippen LogP contribution in [0.2, 0.25) is 0 Å². The van der Waals surface area contributed by atoms with Gasteiger partial charge in [0.15, 0.2) is 0 Å². The van der Waals surface area contributed by atoms with E-state index in [9.17, 15) is 13.2 Å². The smallest absolute Gasteiger partial charge is 0.406 e. The van der Waals surface area contributed by atoms with E-state index in [1.54, 1.807) is 12.1 Å². The van der Waals surface area contributed by atoms with Crippen molar-refractivity contribution in [1.82, 2.24) is 5.32 Å². The van der Waals surface area contributed by atoms with Crippen molar-refractivity contribution in [1.29, 1.82) is 0 Å². The van der Waals surface area contributed by atoms with Crippen LogP contribution in [0.4, 0.5) is 13.2 Å². The molecule has 0 saturated carbocycles. The van der Waals surface area contributed by atoms with Gasteiger partial charge in [0.1, 0.15) is 5.75 Å². The second-order valence-corrected chi connectivity index (χ2v) is 6.05. The van der Waals surface area contributed by atoms with Gasteiger partial charge in [-0.05, 0) is 31.0 Å². The molecule has 0 fully saturated rings. The van der Waals surface area contributed by atoms with Crippen LogP contribution >= 0.6 is 15.9 Å². The number of hydrogen-bond acceptors (Lipinski definition) is 2. The lowest BCUT2D eigenvalue weighted by Crippen LogP contribution is -2.27. The predicted octanol–water partition coefficient (Wildman–Crippen LogP) is 4.24. The van der Waals surface area contributed by atoms with Crippen molar-refractivity contribution >= 4 is 15.9 Å². The number of nitrogens with one attached hydrogen (secondary N) is 1. The summed E-state index contributed by atoms with van der Waals surface area (Å²) >= 11 is 3.48. The minimum atomic E-state index is -4.64. The fourth-order valence-corrected chi connectivity index (χ4v) is 2.23. The second kappa shape index (κ2) is 7.14. The molecule has 0 radical (unpaired) electrons. The van der Waals surface area contributed by atoms with E-state index < -0.39 is 6.36 Å². The monoisotopic (exact) mass is 339 g/mol. The number of hydrogen-bond donors (Lipinski definition) is 1. The first-order valence-corrected chi connectivity index (χ1v) is 6.90. The third-order valence-corrected chi connectivity index (χ3v) is 2.86. The van der Waals surface area contributed by atoms with Gasteiger partial charge in [-0.3, -0.25) is 0 Å². The fraction of sp³-hybridized carbons (Fsp3) is 0.538. The molecule has 0 heterocycles. The molecule has 0 aliphatic heterocycles. The highest BCUT2D eigenvalue weighted by molar-refractivity contribution is 9.09. The molecule has 108 valence electrons. The molecule has 0 aliphatic rings. The molecule has 1 aromatic carbocycles. The van der Waals surface area contributed by atoms with Crippen molar-refractivity contribution in [2.75, 3.05) is 0 Å². The summed E-state index contributed by atoms with van der Waals surface area (Å²) in [4.78, 5) is 0.428. The number of halogens is 4. The van der Waals surface area contributed by atoms with E-state index in [1.807, 2.05) is 0 Å². The molecule has 2 unspecified atom stereocenters. The summed E-state index contributed by atoms with van der Waals surface area (Å²) in [7, 11) is 0. The van der Waals surface area contributed by atoms with E-state index in [4.69, 9.17) is 0 Å². The maximum atomic E-state index is 12.0. The highest BCUT2D eigenvalue weighted by atomic mass is 79.9. The van der Waals surface area contributed by atoms with E-state index in [2.05, 4.69) is 39.8 Å². The molecule has 1 aromatic rings. The minimum absolute atomic E-state index is 0.196. The van der Waals surface area contributed by atoms with Gasteiger partial charge in [0.05, 0.1) is 0 Å². The van der Waals surface area contributed by atoms with E-state index in [0.717, 1.165) is 12.0 Å². The van der Waals surface area contributed by atoms with Crippen LogP contribution in [0.3, 0.4) is 0 Å². The summed E-state index contributed by atoms with van der Waals surface area (Å²) in [6, 6.07) is 6.22. The van der Waals surface area contributed by atoms with Crippen LogP contribution < -0.4 is 10.1 Å². The zero-order valence-corrected chi connectivity index (χ0v) is 12.4.